The van der Waals surface area contributed by atoms with Crippen molar-refractivity contribution in [3.8, 4) is 5.75 Å². The Morgan fingerprint density at radius 3 is 2.41 bits per heavy atom. The monoisotopic (exact) mass is 408 g/mol. The molecule has 0 saturated heterocycles. The molecule has 0 spiro atoms. The number of unbranched alkanes of at least 4 members (excludes halogenated alkanes) is 1. The number of halogens is 4. The third-order valence-electron chi connectivity index (χ3n) is 5.92. The second-order valence-corrected chi connectivity index (χ2v) is 8.02. The van der Waals surface area contributed by atoms with Crippen molar-refractivity contribution in [2.24, 2.45) is 5.92 Å². The van der Waals surface area contributed by atoms with E-state index in [9.17, 15) is 17.6 Å². The van der Waals surface area contributed by atoms with Gasteiger partial charge in [-0.25, -0.2) is 4.39 Å². The summed E-state index contributed by atoms with van der Waals surface area (Å²) in [5, 5.41) is 0. The summed E-state index contributed by atoms with van der Waals surface area (Å²) in [4.78, 5) is 0. The molecule has 0 heterocycles. The second kappa shape index (κ2) is 9.64. The Labute approximate surface area is 170 Å². The molecule has 0 unspecified atom stereocenters. The van der Waals surface area contributed by atoms with Crippen molar-refractivity contribution in [3.05, 3.63) is 65.0 Å². The number of alkyl halides is 3. The van der Waals surface area contributed by atoms with Crippen molar-refractivity contribution >= 4 is 0 Å². The van der Waals surface area contributed by atoms with Crippen LogP contribution in [0.5, 0.6) is 5.75 Å². The lowest BCUT2D eigenvalue weighted by atomic mass is 9.77. The van der Waals surface area contributed by atoms with Gasteiger partial charge in [-0.1, -0.05) is 44.4 Å². The van der Waals surface area contributed by atoms with Crippen LogP contribution in [0.15, 0.2) is 42.5 Å². The maximum absolute atomic E-state index is 14.6. The number of hydrogen-bond acceptors (Lipinski definition) is 1. The van der Waals surface area contributed by atoms with Crippen molar-refractivity contribution in [2.45, 2.75) is 70.6 Å². The summed E-state index contributed by atoms with van der Waals surface area (Å²) < 4.78 is 58.3. The fourth-order valence-electron chi connectivity index (χ4n) is 4.14. The van der Waals surface area contributed by atoms with Gasteiger partial charge >= 0.3 is 6.18 Å². The SMILES string of the molecule is CCCCC1CCC(c2ccc(COc3cccc(C(F)(F)F)c3)c(F)c2)CC1. The van der Waals surface area contributed by atoms with Crippen LogP contribution in [0.3, 0.4) is 0 Å². The molecule has 3 rings (SSSR count). The molecule has 0 aromatic heterocycles. The number of ether oxygens (including phenoxy) is 1. The van der Waals surface area contributed by atoms with Crippen LogP contribution in [0.2, 0.25) is 0 Å². The van der Waals surface area contributed by atoms with E-state index in [1.807, 2.05) is 6.07 Å². The quantitative estimate of drug-likeness (QED) is 0.423. The predicted molar refractivity (Wildman–Crippen MR) is 106 cm³/mol. The smallest absolute Gasteiger partial charge is 0.416 e. The average molecular weight is 408 g/mol. The van der Waals surface area contributed by atoms with Gasteiger partial charge in [0.25, 0.3) is 0 Å². The lowest BCUT2D eigenvalue weighted by Gasteiger charge is -2.29. The Balaban J connectivity index is 1.58. The van der Waals surface area contributed by atoms with Crippen LogP contribution in [0.1, 0.15) is 74.5 Å². The summed E-state index contributed by atoms with van der Waals surface area (Å²) in [5.74, 6) is 0.910. The Bertz CT molecular complexity index is 792. The molecule has 1 aliphatic carbocycles. The largest absolute Gasteiger partial charge is 0.489 e. The van der Waals surface area contributed by atoms with Crippen molar-refractivity contribution < 1.29 is 22.3 Å². The van der Waals surface area contributed by atoms with Crippen LogP contribution in [-0.2, 0) is 12.8 Å². The minimum absolute atomic E-state index is 0.0775. The van der Waals surface area contributed by atoms with Crippen molar-refractivity contribution in [2.75, 3.05) is 0 Å². The molecule has 2 aromatic carbocycles. The molecule has 1 saturated carbocycles. The molecule has 1 nitrogen and oxygen atoms in total. The minimum Gasteiger partial charge on any atom is -0.489 e. The molecule has 1 aliphatic rings. The number of rotatable bonds is 7. The zero-order chi connectivity index (χ0) is 20.9. The molecule has 0 N–H and O–H groups in total. The van der Waals surface area contributed by atoms with Gasteiger partial charge in [-0.05, 0) is 67.3 Å². The Morgan fingerprint density at radius 1 is 1.00 bits per heavy atom. The summed E-state index contributed by atoms with van der Waals surface area (Å²) in [6, 6.07) is 9.85. The van der Waals surface area contributed by atoms with Crippen LogP contribution in [0.4, 0.5) is 17.6 Å². The first-order valence-electron chi connectivity index (χ1n) is 10.4. The van der Waals surface area contributed by atoms with E-state index in [0.29, 0.717) is 11.5 Å². The van der Waals surface area contributed by atoms with E-state index >= 15 is 0 Å². The molecule has 1 fully saturated rings. The third-order valence-corrected chi connectivity index (χ3v) is 5.92. The van der Waals surface area contributed by atoms with Gasteiger partial charge in [0.05, 0.1) is 5.56 Å². The highest BCUT2D eigenvalue weighted by Crippen LogP contribution is 2.38. The Morgan fingerprint density at radius 2 is 1.76 bits per heavy atom. The fourth-order valence-corrected chi connectivity index (χ4v) is 4.14. The Kier molecular flexibility index (Phi) is 7.20. The van der Waals surface area contributed by atoms with Gasteiger partial charge in [0.15, 0.2) is 0 Å². The maximum atomic E-state index is 14.6. The Hall–Kier alpha value is -2.04. The molecule has 0 atom stereocenters. The number of benzene rings is 2. The van der Waals surface area contributed by atoms with Gasteiger partial charge < -0.3 is 4.74 Å². The normalized spacial score (nSPS) is 19.9. The summed E-state index contributed by atoms with van der Waals surface area (Å²) in [6.45, 7) is 2.11. The van der Waals surface area contributed by atoms with Gasteiger partial charge in [0, 0.05) is 5.56 Å². The van der Waals surface area contributed by atoms with E-state index in [2.05, 4.69) is 6.92 Å². The molecular weight excluding hydrogens is 380 g/mol. The van der Waals surface area contributed by atoms with E-state index < -0.39 is 11.7 Å². The van der Waals surface area contributed by atoms with Crippen LogP contribution in [-0.4, -0.2) is 0 Å². The van der Waals surface area contributed by atoms with Gasteiger partial charge in [-0.2, -0.15) is 13.2 Å². The summed E-state index contributed by atoms with van der Waals surface area (Å²) in [7, 11) is 0. The molecule has 0 amide bonds. The summed E-state index contributed by atoms with van der Waals surface area (Å²) in [6.07, 6.45) is 3.96. The van der Waals surface area contributed by atoms with Crippen molar-refractivity contribution in [1.82, 2.24) is 0 Å². The zero-order valence-electron chi connectivity index (χ0n) is 16.8. The van der Waals surface area contributed by atoms with E-state index in [1.165, 1.54) is 44.2 Å². The van der Waals surface area contributed by atoms with Gasteiger partial charge in [-0.3, -0.25) is 0 Å². The summed E-state index contributed by atoms with van der Waals surface area (Å²) in [5.41, 5.74) is 0.586. The fraction of sp³-hybridized carbons (Fsp3) is 0.500. The average Bonchev–Trinajstić information content (AvgIpc) is 2.71. The van der Waals surface area contributed by atoms with E-state index in [0.717, 1.165) is 36.5 Å². The first-order valence-corrected chi connectivity index (χ1v) is 10.4. The first kappa shape index (κ1) is 21.7. The molecule has 0 bridgehead atoms. The van der Waals surface area contributed by atoms with E-state index in [4.69, 9.17) is 4.74 Å². The summed E-state index contributed by atoms with van der Waals surface area (Å²) >= 11 is 0. The second-order valence-electron chi connectivity index (χ2n) is 8.02. The molecule has 29 heavy (non-hydrogen) atoms. The van der Waals surface area contributed by atoms with Crippen molar-refractivity contribution in [3.63, 3.8) is 0 Å². The molecule has 2 aromatic rings. The molecule has 0 aliphatic heterocycles. The molecular formula is C24H28F4O. The molecule has 158 valence electrons. The topological polar surface area (TPSA) is 9.23 Å². The first-order chi connectivity index (χ1) is 13.9. The van der Waals surface area contributed by atoms with Gasteiger partial charge in [0.1, 0.15) is 18.2 Å². The third kappa shape index (κ3) is 5.97. The van der Waals surface area contributed by atoms with Crippen LogP contribution < -0.4 is 4.74 Å². The van der Waals surface area contributed by atoms with E-state index in [-0.39, 0.29) is 18.2 Å². The highest BCUT2D eigenvalue weighted by molar-refractivity contribution is 5.31. The van der Waals surface area contributed by atoms with Crippen LogP contribution >= 0.6 is 0 Å². The zero-order valence-corrected chi connectivity index (χ0v) is 16.8. The highest BCUT2D eigenvalue weighted by Gasteiger charge is 2.30. The predicted octanol–water partition coefficient (Wildman–Crippen LogP) is 7.89. The molecule has 0 radical (unpaired) electrons. The van der Waals surface area contributed by atoms with Crippen LogP contribution in [0.25, 0.3) is 0 Å². The van der Waals surface area contributed by atoms with Crippen LogP contribution in [0, 0.1) is 11.7 Å². The highest BCUT2D eigenvalue weighted by atomic mass is 19.4. The standard InChI is InChI=1S/C24H28F4O/c1-2-3-5-17-8-10-18(11-9-17)19-12-13-20(23(25)14-19)16-29-22-7-4-6-21(15-22)24(26,27)28/h4,6-7,12-15,17-18H,2-3,5,8-11,16H2,1H3. The van der Waals surface area contributed by atoms with Gasteiger partial charge in [0.2, 0.25) is 0 Å². The molecule has 5 heteroatoms. The number of hydrogen-bond donors (Lipinski definition) is 0. The lowest BCUT2D eigenvalue weighted by Crippen LogP contribution is -2.13. The van der Waals surface area contributed by atoms with E-state index in [1.54, 1.807) is 12.1 Å². The van der Waals surface area contributed by atoms with Gasteiger partial charge in [-0.15, -0.1) is 0 Å². The lowest BCUT2D eigenvalue weighted by molar-refractivity contribution is -0.137. The maximum Gasteiger partial charge on any atom is 0.416 e. The van der Waals surface area contributed by atoms with Crippen molar-refractivity contribution in [1.29, 1.82) is 0 Å². The minimum atomic E-state index is -4.43.